The Morgan fingerprint density at radius 1 is 1.36 bits per heavy atom. The number of carbonyl (C=O) groups is 1. The maximum Gasteiger partial charge on any atom is 0.303 e. The van der Waals surface area contributed by atoms with Crippen LogP contribution < -0.4 is 11.5 Å². The molecule has 4 nitrogen and oxygen atoms in total. The molecule has 0 aliphatic rings. The Morgan fingerprint density at radius 3 is 2.50 bits per heavy atom. The molecule has 82 valence electrons. The van der Waals surface area contributed by atoms with Crippen molar-refractivity contribution in [3.05, 3.63) is 12.7 Å². The van der Waals surface area contributed by atoms with Gasteiger partial charge in [0.15, 0.2) is 0 Å². The van der Waals surface area contributed by atoms with Gasteiger partial charge in [0.25, 0.3) is 0 Å². The number of rotatable bonds is 8. The van der Waals surface area contributed by atoms with Crippen molar-refractivity contribution in [2.24, 2.45) is 11.5 Å². The van der Waals surface area contributed by atoms with Gasteiger partial charge in [-0.3, -0.25) is 4.79 Å². The molecule has 0 radical (unpaired) electrons. The van der Waals surface area contributed by atoms with E-state index in [1.165, 1.54) is 0 Å². The lowest BCUT2D eigenvalue weighted by molar-refractivity contribution is -0.137. The van der Waals surface area contributed by atoms with E-state index < -0.39 is 5.97 Å². The first-order valence-corrected chi connectivity index (χ1v) is 4.93. The summed E-state index contributed by atoms with van der Waals surface area (Å²) in [6.07, 6.45) is 5.24. The Balaban J connectivity index is 3.35. The summed E-state index contributed by atoms with van der Waals surface area (Å²) in [5, 5.41) is 8.39. The fraction of sp³-hybridized carbons (Fsp3) is 0.700. The van der Waals surface area contributed by atoms with Crippen molar-refractivity contribution in [3.63, 3.8) is 0 Å². The molecule has 0 heterocycles. The lowest BCUT2D eigenvalue weighted by Crippen LogP contribution is -2.39. The lowest BCUT2D eigenvalue weighted by Gasteiger charge is -2.15. The Bertz CT molecular complexity index is 183. The molecule has 4 heteroatoms. The Kier molecular flexibility index (Phi) is 7.06. The summed E-state index contributed by atoms with van der Waals surface area (Å²) in [5.41, 5.74) is 11.4. The van der Waals surface area contributed by atoms with Gasteiger partial charge in [-0.2, -0.15) is 0 Å². The standard InChI is InChI=1S/C10H20N2O2/c1-2-8(11)9(12)6-4-3-5-7-10(13)14/h2,8-9H,1,3-7,11-12H2,(H,13,14). The minimum atomic E-state index is -0.739. The average molecular weight is 200 g/mol. The Morgan fingerprint density at radius 2 is 2.00 bits per heavy atom. The summed E-state index contributed by atoms with van der Waals surface area (Å²) in [7, 11) is 0. The molecule has 0 aromatic rings. The topological polar surface area (TPSA) is 89.3 Å². The van der Waals surface area contributed by atoms with Gasteiger partial charge in [-0.25, -0.2) is 0 Å². The summed E-state index contributed by atoms with van der Waals surface area (Å²) in [6.45, 7) is 3.57. The summed E-state index contributed by atoms with van der Waals surface area (Å²) in [5.74, 6) is -0.739. The number of carboxylic acids is 1. The predicted molar refractivity (Wildman–Crippen MR) is 56.9 cm³/mol. The van der Waals surface area contributed by atoms with Gasteiger partial charge in [0.1, 0.15) is 0 Å². The zero-order valence-corrected chi connectivity index (χ0v) is 8.48. The summed E-state index contributed by atoms with van der Waals surface area (Å²) in [4.78, 5) is 10.2. The quantitative estimate of drug-likeness (QED) is 0.400. The SMILES string of the molecule is C=CC(N)C(N)CCCCCC(=O)O. The third-order valence-electron chi connectivity index (χ3n) is 2.19. The normalized spacial score (nSPS) is 14.7. The molecule has 2 atom stereocenters. The van der Waals surface area contributed by atoms with Crippen LogP contribution in [-0.2, 0) is 4.79 Å². The van der Waals surface area contributed by atoms with Crippen LogP contribution in [0.1, 0.15) is 32.1 Å². The van der Waals surface area contributed by atoms with Crippen molar-refractivity contribution >= 4 is 5.97 Å². The van der Waals surface area contributed by atoms with Crippen molar-refractivity contribution < 1.29 is 9.90 Å². The van der Waals surface area contributed by atoms with Gasteiger partial charge >= 0.3 is 5.97 Å². The van der Waals surface area contributed by atoms with E-state index >= 15 is 0 Å². The summed E-state index contributed by atoms with van der Waals surface area (Å²) < 4.78 is 0. The second kappa shape index (κ2) is 7.53. The second-order valence-electron chi connectivity index (χ2n) is 3.47. The molecule has 0 fully saturated rings. The fourth-order valence-electron chi connectivity index (χ4n) is 1.20. The first-order valence-electron chi connectivity index (χ1n) is 4.93. The van der Waals surface area contributed by atoms with Crippen LogP contribution in [0.5, 0.6) is 0 Å². The molecule has 14 heavy (non-hydrogen) atoms. The molecule has 0 aliphatic heterocycles. The minimum Gasteiger partial charge on any atom is -0.481 e. The van der Waals surface area contributed by atoms with E-state index in [0.29, 0.717) is 6.42 Å². The van der Waals surface area contributed by atoms with Gasteiger partial charge in [-0.15, -0.1) is 6.58 Å². The van der Waals surface area contributed by atoms with Gasteiger partial charge in [-0.05, 0) is 12.8 Å². The number of aliphatic carboxylic acids is 1. The van der Waals surface area contributed by atoms with Crippen LogP contribution >= 0.6 is 0 Å². The molecule has 0 bridgehead atoms. The van der Waals surface area contributed by atoms with Crippen LogP contribution in [-0.4, -0.2) is 23.2 Å². The van der Waals surface area contributed by atoms with E-state index in [-0.39, 0.29) is 18.5 Å². The summed E-state index contributed by atoms with van der Waals surface area (Å²) in [6, 6.07) is -0.216. The molecule has 0 aromatic carbocycles. The highest BCUT2D eigenvalue weighted by molar-refractivity contribution is 5.66. The number of carboxylic acid groups (broad SMARTS) is 1. The zero-order valence-electron chi connectivity index (χ0n) is 8.48. The molecule has 0 amide bonds. The van der Waals surface area contributed by atoms with Gasteiger partial charge in [-0.1, -0.05) is 18.9 Å². The highest BCUT2D eigenvalue weighted by Gasteiger charge is 2.08. The number of unbranched alkanes of at least 4 members (excludes halogenated alkanes) is 2. The van der Waals surface area contributed by atoms with Crippen LogP contribution in [0.25, 0.3) is 0 Å². The molecule has 0 rings (SSSR count). The molecular formula is C10H20N2O2. The number of nitrogens with two attached hydrogens (primary N) is 2. The number of hydrogen-bond acceptors (Lipinski definition) is 3. The maximum atomic E-state index is 10.2. The predicted octanol–water partition coefficient (Wildman–Crippen LogP) is 0.862. The molecule has 0 saturated heterocycles. The second-order valence-corrected chi connectivity index (χ2v) is 3.47. The van der Waals surface area contributed by atoms with Crippen molar-refractivity contribution in [3.8, 4) is 0 Å². The first-order chi connectivity index (χ1) is 6.57. The average Bonchev–Trinajstić information content (AvgIpc) is 2.15. The largest absolute Gasteiger partial charge is 0.481 e. The maximum absolute atomic E-state index is 10.2. The summed E-state index contributed by atoms with van der Waals surface area (Å²) >= 11 is 0. The van der Waals surface area contributed by atoms with E-state index in [0.717, 1.165) is 19.3 Å². The molecular weight excluding hydrogens is 180 g/mol. The molecule has 2 unspecified atom stereocenters. The smallest absolute Gasteiger partial charge is 0.303 e. The molecule has 0 spiro atoms. The molecule has 0 aliphatic carbocycles. The highest BCUT2D eigenvalue weighted by Crippen LogP contribution is 2.06. The van der Waals surface area contributed by atoms with Crippen molar-refractivity contribution in [1.29, 1.82) is 0 Å². The molecule has 0 saturated carbocycles. The Hall–Kier alpha value is -0.870. The number of hydrogen-bond donors (Lipinski definition) is 3. The van der Waals surface area contributed by atoms with Crippen molar-refractivity contribution in [1.82, 2.24) is 0 Å². The van der Waals surface area contributed by atoms with Crippen LogP contribution in [0.2, 0.25) is 0 Å². The third kappa shape index (κ3) is 6.62. The minimum absolute atomic E-state index is 0.0580. The van der Waals surface area contributed by atoms with Crippen LogP contribution in [0.4, 0.5) is 0 Å². The third-order valence-corrected chi connectivity index (χ3v) is 2.19. The fourth-order valence-corrected chi connectivity index (χ4v) is 1.20. The highest BCUT2D eigenvalue weighted by atomic mass is 16.4. The van der Waals surface area contributed by atoms with E-state index in [4.69, 9.17) is 16.6 Å². The van der Waals surface area contributed by atoms with Crippen molar-refractivity contribution in [2.45, 2.75) is 44.2 Å². The van der Waals surface area contributed by atoms with Gasteiger partial charge in [0.2, 0.25) is 0 Å². The first kappa shape index (κ1) is 13.1. The van der Waals surface area contributed by atoms with Gasteiger partial charge < -0.3 is 16.6 Å². The van der Waals surface area contributed by atoms with Gasteiger partial charge in [0, 0.05) is 18.5 Å². The van der Waals surface area contributed by atoms with Crippen LogP contribution in [0.15, 0.2) is 12.7 Å². The van der Waals surface area contributed by atoms with E-state index in [1.54, 1.807) is 6.08 Å². The van der Waals surface area contributed by atoms with E-state index in [9.17, 15) is 4.79 Å². The monoisotopic (exact) mass is 200 g/mol. The zero-order chi connectivity index (χ0) is 11.0. The van der Waals surface area contributed by atoms with Gasteiger partial charge in [0.05, 0.1) is 0 Å². The lowest BCUT2D eigenvalue weighted by atomic mass is 10.0. The van der Waals surface area contributed by atoms with Crippen LogP contribution in [0.3, 0.4) is 0 Å². The Labute approximate surface area is 85.0 Å². The van der Waals surface area contributed by atoms with E-state index in [1.807, 2.05) is 0 Å². The van der Waals surface area contributed by atoms with Crippen molar-refractivity contribution in [2.75, 3.05) is 0 Å². The van der Waals surface area contributed by atoms with E-state index in [2.05, 4.69) is 6.58 Å². The molecule has 5 N–H and O–H groups in total. The molecule has 0 aromatic heterocycles. The van der Waals surface area contributed by atoms with Crippen LogP contribution in [0, 0.1) is 0 Å².